The van der Waals surface area contributed by atoms with E-state index in [1.54, 1.807) is 38.2 Å². The molecule has 9 heteroatoms. The standard InChI is InChI=1S/C28H33ClN4O4/c1-5-37-27(35)24-23(31(4)28(36)30-25(24)22-11-6-18(2)16-19(22)3)17-32-12-14-33(15-13-32)26(34)20-7-9-21(29)10-8-20/h6-11,16,25H,5,12-15,17H2,1-4H3,(H,30,36). The summed E-state index contributed by atoms with van der Waals surface area (Å²) in [4.78, 5) is 44.6. The molecule has 0 spiro atoms. The second-order valence-corrected chi connectivity index (χ2v) is 9.89. The van der Waals surface area contributed by atoms with Gasteiger partial charge < -0.3 is 15.0 Å². The minimum absolute atomic E-state index is 0.0354. The number of benzene rings is 2. The molecule has 0 aliphatic carbocycles. The normalized spacial score (nSPS) is 18.6. The molecule has 2 aromatic carbocycles. The van der Waals surface area contributed by atoms with Crippen LogP contribution in [0.2, 0.25) is 5.02 Å². The lowest BCUT2D eigenvalue weighted by Gasteiger charge is -2.39. The number of piperazine rings is 1. The quantitative estimate of drug-likeness (QED) is 0.579. The topological polar surface area (TPSA) is 82.2 Å². The van der Waals surface area contributed by atoms with E-state index in [-0.39, 0.29) is 18.5 Å². The lowest BCUT2D eigenvalue weighted by Crippen LogP contribution is -2.53. The molecule has 0 radical (unpaired) electrons. The molecule has 4 rings (SSSR count). The van der Waals surface area contributed by atoms with Gasteiger partial charge in [0.2, 0.25) is 0 Å². The minimum Gasteiger partial charge on any atom is -0.463 e. The maximum absolute atomic E-state index is 13.2. The van der Waals surface area contributed by atoms with E-state index in [1.807, 2.05) is 36.9 Å². The number of nitrogens with zero attached hydrogens (tertiary/aromatic N) is 3. The monoisotopic (exact) mass is 524 g/mol. The van der Waals surface area contributed by atoms with Gasteiger partial charge in [0.25, 0.3) is 5.91 Å². The van der Waals surface area contributed by atoms with Gasteiger partial charge in [-0.25, -0.2) is 9.59 Å². The largest absolute Gasteiger partial charge is 0.463 e. The fourth-order valence-electron chi connectivity index (χ4n) is 4.88. The lowest BCUT2D eigenvalue weighted by atomic mass is 9.90. The highest BCUT2D eigenvalue weighted by atomic mass is 35.5. The van der Waals surface area contributed by atoms with Crippen LogP contribution in [0.4, 0.5) is 4.79 Å². The molecule has 1 N–H and O–H groups in total. The Balaban J connectivity index is 1.58. The number of halogens is 1. The van der Waals surface area contributed by atoms with Crippen LogP contribution in [0.1, 0.15) is 40.0 Å². The molecule has 1 saturated heterocycles. The number of ether oxygens (including phenoxy) is 1. The highest BCUT2D eigenvalue weighted by molar-refractivity contribution is 6.30. The zero-order chi connectivity index (χ0) is 26.7. The van der Waals surface area contributed by atoms with Crippen molar-refractivity contribution in [3.63, 3.8) is 0 Å². The van der Waals surface area contributed by atoms with Crippen LogP contribution in [-0.2, 0) is 9.53 Å². The van der Waals surface area contributed by atoms with Gasteiger partial charge in [0.05, 0.1) is 18.2 Å². The van der Waals surface area contributed by atoms with Crippen LogP contribution in [0.15, 0.2) is 53.7 Å². The molecular formula is C28H33ClN4O4. The number of likely N-dealkylation sites (N-methyl/N-ethyl adjacent to an activating group) is 1. The van der Waals surface area contributed by atoms with Crippen LogP contribution in [0.25, 0.3) is 0 Å². The first kappa shape index (κ1) is 26.7. The van der Waals surface area contributed by atoms with Crippen LogP contribution >= 0.6 is 11.6 Å². The fraction of sp³-hybridized carbons (Fsp3) is 0.393. The van der Waals surface area contributed by atoms with Crippen molar-refractivity contribution in [2.45, 2.75) is 26.8 Å². The smallest absolute Gasteiger partial charge is 0.338 e. The Labute approximate surface area is 222 Å². The van der Waals surface area contributed by atoms with Gasteiger partial charge >= 0.3 is 12.0 Å². The van der Waals surface area contributed by atoms with Crippen molar-refractivity contribution in [3.05, 3.63) is 81.0 Å². The first-order chi connectivity index (χ1) is 17.7. The third-order valence-corrected chi connectivity index (χ3v) is 7.18. The molecule has 2 aliphatic heterocycles. The van der Waals surface area contributed by atoms with E-state index in [1.165, 1.54) is 4.90 Å². The van der Waals surface area contributed by atoms with E-state index in [4.69, 9.17) is 16.3 Å². The number of urea groups is 1. The predicted molar refractivity (Wildman–Crippen MR) is 142 cm³/mol. The highest BCUT2D eigenvalue weighted by Gasteiger charge is 2.38. The van der Waals surface area contributed by atoms with E-state index in [0.29, 0.717) is 54.6 Å². The number of esters is 1. The van der Waals surface area contributed by atoms with Crippen molar-refractivity contribution in [2.24, 2.45) is 0 Å². The second-order valence-electron chi connectivity index (χ2n) is 9.46. The summed E-state index contributed by atoms with van der Waals surface area (Å²) in [5.41, 5.74) is 4.62. The molecule has 1 atom stereocenters. The van der Waals surface area contributed by atoms with Gasteiger partial charge in [0, 0.05) is 56.1 Å². The number of amides is 3. The van der Waals surface area contributed by atoms with E-state index < -0.39 is 12.0 Å². The Morgan fingerprint density at radius 1 is 1.05 bits per heavy atom. The molecule has 0 saturated carbocycles. The molecule has 2 aromatic rings. The second kappa shape index (κ2) is 11.4. The molecule has 1 fully saturated rings. The van der Waals surface area contributed by atoms with Crippen molar-refractivity contribution in [3.8, 4) is 0 Å². The molecule has 37 heavy (non-hydrogen) atoms. The van der Waals surface area contributed by atoms with Crippen molar-refractivity contribution in [2.75, 3.05) is 46.4 Å². The zero-order valence-electron chi connectivity index (χ0n) is 21.7. The summed E-state index contributed by atoms with van der Waals surface area (Å²) in [6, 6.07) is 12.0. The molecule has 196 valence electrons. The third kappa shape index (κ3) is 5.81. The molecule has 1 unspecified atom stereocenters. The predicted octanol–water partition coefficient (Wildman–Crippen LogP) is 3.93. The first-order valence-electron chi connectivity index (χ1n) is 12.5. The third-order valence-electron chi connectivity index (χ3n) is 6.93. The lowest BCUT2D eigenvalue weighted by molar-refractivity contribution is -0.139. The molecule has 0 aromatic heterocycles. The van der Waals surface area contributed by atoms with Crippen LogP contribution in [0.5, 0.6) is 0 Å². The number of carbonyl (C=O) groups is 3. The van der Waals surface area contributed by atoms with E-state index in [9.17, 15) is 14.4 Å². The number of carbonyl (C=O) groups excluding carboxylic acids is 3. The van der Waals surface area contributed by atoms with Crippen LogP contribution < -0.4 is 5.32 Å². The Bertz CT molecular complexity index is 1220. The Morgan fingerprint density at radius 2 is 1.73 bits per heavy atom. The minimum atomic E-state index is -0.605. The van der Waals surface area contributed by atoms with Gasteiger partial charge in [-0.2, -0.15) is 0 Å². The number of aryl methyl sites for hydroxylation is 2. The van der Waals surface area contributed by atoms with E-state index in [2.05, 4.69) is 10.2 Å². The Morgan fingerprint density at radius 3 is 2.35 bits per heavy atom. The molecular weight excluding hydrogens is 492 g/mol. The van der Waals surface area contributed by atoms with Gasteiger partial charge in [-0.05, 0) is 56.2 Å². The maximum atomic E-state index is 13.2. The average molecular weight is 525 g/mol. The van der Waals surface area contributed by atoms with Crippen molar-refractivity contribution in [1.29, 1.82) is 0 Å². The zero-order valence-corrected chi connectivity index (χ0v) is 22.5. The number of nitrogens with one attached hydrogen (secondary N) is 1. The summed E-state index contributed by atoms with van der Waals surface area (Å²) < 4.78 is 5.45. The summed E-state index contributed by atoms with van der Waals surface area (Å²) in [5, 5.41) is 3.58. The fourth-order valence-corrected chi connectivity index (χ4v) is 5.00. The summed E-state index contributed by atoms with van der Waals surface area (Å²) in [5.74, 6) is -0.474. The van der Waals surface area contributed by atoms with Crippen molar-refractivity contribution < 1.29 is 19.1 Å². The molecule has 0 bridgehead atoms. The summed E-state index contributed by atoms with van der Waals surface area (Å²) in [6.07, 6.45) is 0. The average Bonchev–Trinajstić information content (AvgIpc) is 2.87. The van der Waals surface area contributed by atoms with Gasteiger partial charge in [-0.15, -0.1) is 0 Å². The first-order valence-corrected chi connectivity index (χ1v) is 12.9. The van der Waals surface area contributed by atoms with Crippen molar-refractivity contribution >= 4 is 29.5 Å². The molecule has 8 nitrogen and oxygen atoms in total. The SMILES string of the molecule is CCOC(=O)C1=C(CN2CCN(C(=O)c3ccc(Cl)cc3)CC2)N(C)C(=O)NC1c1ccc(C)cc1C. The summed E-state index contributed by atoms with van der Waals surface area (Å²) in [6.45, 7) is 8.69. The van der Waals surface area contributed by atoms with Gasteiger partial charge in [-0.1, -0.05) is 35.4 Å². The Kier molecular flexibility index (Phi) is 8.19. The van der Waals surface area contributed by atoms with E-state index >= 15 is 0 Å². The maximum Gasteiger partial charge on any atom is 0.338 e. The van der Waals surface area contributed by atoms with Crippen LogP contribution in [0, 0.1) is 13.8 Å². The molecule has 3 amide bonds. The number of rotatable bonds is 6. The van der Waals surface area contributed by atoms with Crippen molar-refractivity contribution in [1.82, 2.24) is 20.0 Å². The number of hydrogen-bond acceptors (Lipinski definition) is 5. The van der Waals surface area contributed by atoms with Gasteiger partial charge in [-0.3, -0.25) is 14.6 Å². The molecule has 2 aliphatic rings. The van der Waals surface area contributed by atoms with Crippen LogP contribution in [0.3, 0.4) is 0 Å². The van der Waals surface area contributed by atoms with E-state index in [0.717, 1.165) is 16.7 Å². The Hall–Kier alpha value is -3.36. The molecule has 2 heterocycles. The summed E-state index contributed by atoms with van der Waals surface area (Å²) >= 11 is 5.95. The number of hydrogen-bond donors (Lipinski definition) is 1. The van der Waals surface area contributed by atoms with Gasteiger partial charge in [0.15, 0.2) is 0 Å². The highest BCUT2D eigenvalue weighted by Crippen LogP contribution is 2.33. The van der Waals surface area contributed by atoms with Crippen LogP contribution in [-0.4, -0.2) is 79.0 Å². The summed E-state index contributed by atoms with van der Waals surface area (Å²) in [7, 11) is 1.67. The van der Waals surface area contributed by atoms with Gasteiger partial charge in [0.1, 0.15) is 0 Å².